The van der Waals surface area contributed by atoms with Crippen molar-refractivity contribution in [2.45, 2.75) is 19.5 Å². The predicted molar refractivity (Wildman–Crippen MR) is 103 cm³/mol. The lowest BCUT2D eigenvalue weighted by molar-refractivity contribution is 0.0694. The van der Waals surface area contributed by atoms with E-state index in [4.69, 9.17) is 4.52 Å². The Kier molecular flexibility index (Phi) is 8.36. The first-order chi connectivity index (χ1) is 12.1. The highest BCUT2D eigenvalue weighted by atomic mass is 35.5. The molecule has 2 heterocycles. The summed E-state index contributed by atoms with van der Waals surface area (Å²) in [5.41, 5.74) is 1.69. The smallest absolute Gasteiger partial charge is 0.341 e. The minimum Gasteiger partial charge on any atom is -0.477 e. The molecule has 0 unspecified atom stereocenters. The van der Waals surface area contributed by atoms with Crippen LogP contribution in [-0.4, -0.2) is 21.2 Å². The van der Waals surface area contributed by atoms with Crippen LogP contribution in [0.3, 0.4) is 0 Å². The highest BCUT2D eigenvalue weighted by molar-refractivity contribution is 5.95. The summed E-state index contributed by atoms with van der Waals surface area (Å²) in [4.78, 5) is 15.7. The summed E-state index contributed by atoms with van der Waals surface area (Å²) in [5.74, 6) is -1.19. The average Bonchev–Trinajstić information content (AvgIpc) is 3.07. The van der Waals surface area contributed by atoms with Crippen molar-refractivity contribution in [2.75, 3.05) is 0 Å². The minimum absolute atomic E-state index is 0. The highest BCUT2D eigenvalue weighted by Gasteiger charge is 2.27. The molecule has 0 saturated heterocycles. The normalized spacial score (nSPS) is 11.2. The molecule has 9 heteroatoms. The number of nitrogens with zero attached hydrogens (tertiary/aromatic N) is 2. The van der Waals surface area contributed by atoms with Crippen LogP contribution in [-0.2, 0) is 6.54 Å². The number of rotatable bonds is 6. The third-order valence-electron chi connectivity index (χ3n) is 3.79. The van der Waals surface area contributed by atoms with Crippen LogP contribution < -0.4 is 5.32 Å². The zero-order valence-corrected chi connectivity index (χ0v) is 15.9. The standard InChI is InChI=1S/C18H16FN3O3.2ClH/c1-11(21-9-12-4-6-14(19)7-5-12)17-15(18(23)24)16(22-25-17)13-3-2-8-20-10-13;;/h2-8,10-11,21H,9H2,1H3,(H,23,24);2*1H/t11-;;/m1../s1. The van der Waals surface area contributed by atoms with E-state index in [9.17, 15) is 14.3 Å². The molecule has 144 valence electrons. The van der Waals surface area contributed by atoms with Crippen LogP contribution in [0.5, 0.6) is 0 Å². The number of aromatic nitrogens is 2. The van der Waals surface area contributed by atoms with Crippen LogP contribution in [0.2, 0.25) is 0 Å². The fourth-order valence-corrected chi connectivity index (χ4v) is 2.47. The van der Waals surface area contributed by atoms with Crippen molar-refractivity contribution in [1.29, 1.82) is 0 Å². The van der Waals surface area contributed by atoms with Gasteiger partial charge < -0.3 is 14.9 Å². The van der Waals surface area contributed by atoms with Gasteiger partial charge in [0, 0.05) is 24.5 Å². The largest absolute Gasteiger partial charge is 0.477 e. The lowest BCUT2D eigenvalue weighted by atomic mass is 10.0. The maximum Gasteiger partial charge on any atom is 0.341 e. The molecule has 1 atom stereocenters. The van der Waals surface area contributed by atoms with Crippen molar-refractivity contribution >= 4 is 30.8 Å². The Morgan fingerprint density at radius 3 is 2.56 bits per heavy atom. The first-order valence-electron chi connectivity index (χ1n) is 7.67. The van der Waals surface area contributed by atoms with Crippen molar-refractivity contribution in [3.8, 4) is 11.3 Å². The number of hydrogen-bond acceptors (Lipinski definition) is 5. The Morgan fingerprint density at radius 1 is 1.26 bits per heavy atom. The number of carboxylic acids is 1. The van der Waals surface area contributed by atoms with Crippen molar-refractivity contribution in [3.63, 3.8) is 0 Å². The Morgan fingerprint density at radius 2 is 1.96 bits per heavy atom. The third kappa shape index (κ3) is 5.26. The van der Waals surface area contributed by atoms with Crippen molar-refractivity contribution in [2.24, 2.45) is 0 Å². The first-order valence-corrected chi connectivity index (χ1v) is 7.67. The number of aromatic carboxylic acids is 1. The molecular weight excluding hydrogens is 396 g/mol. The molecule has 0 bridgehead atoms. The maximum absolute atomic E-state index is 12.9. The number of nitrogens with one attached hydrogen (secondary N) is 1. The van der Waals surface area contributed by atoms with Gasteiger partial charge in [-0.2, -0.15) is 0 Å². The minimum atomic E-state index is -1.12. The molecule has 0 saturated carbocycles. The molecule has 0 fully saturated rings. The van der Waals surface area contributed by atoms with Gasteiger partial charge in [-0.15, -0.1) is 24.8 Å². The molecule has 3 aromatic rings. The fourth-order valence-electron chi connectivity index (χ4n) is 2.47. The number of halogens is 3. The molecule has 0 amide bonds. The Balaban J connectivity index is 0.00000182. The van der Waals surface area contributed by atoms with Crippen molar-refractivity contribution in [1.82, 2.24) is 15.5 Å². The van der Waals surface area contributed by atoms with Crippen LogP contribution in [0.15, 0.2) is 53.3 Å². The molecule has 2 aromatic heterocycles. The van der Waals surface area contributed by atoms with Gasteiger partial charge in [-0.3, -0.25) is 4.98 Å². The van der Waals surface area contributed by atoms with E-state index in [0.717, 1.165) is 5.56 Å². The second-order valence-corrected chi connectivity index (χ2v) is 5.55. The second-order valence-electron chi connectivity index (χ2n) is 5.55. The Bertz CT molecular complexity index is 873. The number of benzene rings is 1. The monoisotopic (exact) mass is 413 g/mol. The number of hydrogen-bond donors (Lipinski definition) is 2. The third-order valence-corrected chi connectivity index (χ3v) is 3.79. The molecule has 27 heavy (non-hydrogen) atoms. The Hall–Kier alpha value is -2.48. The van der Waals surface area contributed by atoms with Crippen LogP contribution in [0, 0.1) is 5.82 Å². The van der Waals surface area contributed by atoms with Gasteiger partial charge in [0.05, 0.1) is 6.04 Å². The van der Waals surface area contributed by atoms with Gasteiger partial charge in [-0.1, -0.05) is 17.3 Å². The molecule has 1 aromatic carbocycles. The summed E-state index contributed by atoms with van der Waals surface area (Å²) < 4.78 is 18.2. The molecule has 2 N–H and O–H groups in total. The van der Waals surface area contributed by atoms with E-state index in [1.54, 1.807) is 37.4 Å². The lowest BCUT2D eigenvalue weighted by Gasteiger charge is -2.11. The second kappa shape index (κ2) is 10.0. The molecular formula is C18H18Cl2FN3O3. The molecule has 0 aliphatic heterocycles. The molecule has 6 nitrogen and oxygen atoms in total. The number of pyridine rings is 1. The predicted octanol–water partition coefficient (Wildman–Crippen LogP) is 4.27. The number of carboxylic acid groups (broad SMARTS) is 1. The van der Waals surface area contributed by atoms with Crippen LogP contribution in [0.4, 0.5) is 4.39 Å². The molecule has 0 radical (unpaired) electrons. The first kappa shape index (κ1) is 22.6. The zero-order valence-electron chi connectivity index (χ0n) is 14.3. The van der Waals surface area contributed by atoms with E-state index in [2.05, 4.69) is 15.5 Å². The topological polar surface area (TPSA) is 88.3 Å². The quantitative estimate of drug-likeness (QED) is 0.627. The fraction of sp³-hybridized carbons (Fsp3) is 0.167. The van der Waals surface area contributed by atoms with Crippen molar-refractivity contribution < 1.29 is 18.8 Å². The maximum atomic E-state index is 12.9. The summed E-state index contributed by atoms with van der Waals surface area (Å²) in [6.07, 6.45) is 3.13. The van der Waals surface area contributed by atoms with Gasteiger partial charge in [-0.05, 0) is 36.8 Å². The molecule has 3 rings (SSSR count). The van der Waals surface area contributed by atoms with E-state index in [-0.39, 0.29) is 47.6 Å². The van der Waals surface area contributed by atoms with E-state index < -0.39 is 12.0 Å². The molecule has 0 aliphatic rings. The van der Waals surface area contributed by atoms with E-state index in [1.807, 2.05) is 0 Å². The van der Waals surface area contributed by atoms with E-state index >= 15 is 0 Å². The SMILES string of the molecule is C[C@@H](NCc1ccc(F)cc1)c1onc(-c2cccnc2)c1C(=O)O.Cl.Cl. The summed E-state index contributed by atoms with van der Waals surface area (Å²) >= 11 is 0. The summed E-state index contributed by atoms with van der Waals surface area (Å²) in [6.45, 7) is 2.22. The number of carbonyl (C=O) groups is 1. The zero-order chi connectivity index (χ0) is 17.8. The summed E-state index contributed by atoms with van der Waals surface area (Å²) in [5, 5.41) is 16.6. The van der Waals surface area contributed by atoms with Gasteiger partial charge in [0.25, 0.3) is 0 Å². The molecule has 0 aliphatic carbocycles. The molecule has 0 spiro atoms. The Labute approximate surface area is 167 Å². The average molecular weight is 414 g/mol. The van der Waals surface area contributed by atoms with Gasteiger partial charge in [-0.25, -0.2) is 9.18 Å². The summed E-state index contributed by atoms with van der Waals surface area (Å²) in [7, 11) is 0. The van der Waals surface area contributed by atoms with Crippen LogP contribution >= 0.6 is 24.8 Å². The van der Waals surface area contributed by atoms with Gasteiger partial charge in [0.2, 0.25) is 0 Å². The van der Waals surface area contributed by atoms with Crippen molar-refractivity contribution in [3.05, 3.63) is 71.5 Å². The van der Waals surface area contributed by atoms with Crippen LogP contribution in [0.1, 0.15) is 34.6 Å². The van der Waals surface area contributed by atoms with Gasteiger partial charge in [0.15, 0.2) is 5.76 Å². The van der Waals surface area contributed by atoms with Gasteiger partial charge >= 0.3 is 5.97 Å². The lowest BCUT2D eigenvalue weighted by Crippen LogP contribution is -2.19. The van der Waals surface area contributed by atoms with E-state index in [1.165, 1.54) is 18.3 Å². The van der Waals surface area contributed by atoms with Crippen LogP contribution in [0.25, 0.3) is 11.3 Å². The van der Waals surface area contributed by atoms with E-state index in [0.29, 0.717) is 12.1 Å². The van der Waals surface area contributed by atoms with Gasteiger partial charge in [0.1, 0.15) is 17.1 Å². The summed E-state index contributed by atoms with van der Waals surface area (Å²) in [6, 6.07) is 9.10. The highest BCUT2D eigenvalue weighted by Crippen LogP contribution is 2.28.